The Kier molecular flexibility index (Phi) is 5.47. The number of piperidine rings is 2. The molecule has 2 saturated heterocycles. The molecule has 0 spiro atoms. The number of unbranched alkanes of at least 4 members (excludes halogenated alkanes) is 1. The molecule has 2 N–H and O–H groups in total. The molecule has 1 aromatic rings. The molecule has 0 bridgehead atoms. The van der Waals surface area contributed by atoms with Crippen molar-refractivity contribution in [2.75, 3.05) is 6.54 Å². The molecule has 3 heterocycles. The van der Waals surface area contributed by atoms with Gasteiger partial charge in [-0.05, 0) is 56.0 Å². The van der Waals surface area contributed by atoms with Crippen LogP contribution in [0.4, 0.5) is 0 Å². The number of fused-ring (bicyclic) bond motifs is 1. The van der Waals surface area contributed by atoms with E-state index in [0.29, 0.717) is 25.1 Å². The lowest BCUT2D eigenvalue weighted by Gasteiger charge is -2.31. The third-order valence-corrected chi connectivity index (χ3v) is 6.06. The van der Waals surface area contributed by atoms with E-state index in [1.165, 1.54) is 0 Å². The number of carbonyl (C=O) groups is 3. The molecule has 0 aromatic heterocycles. The lowest BCUT2D eigenvalue weighted by molar-refractivity contribution is -0.136. The molecule has 3 atom stereocenters. The average molecular weight is 400 g/mol. The van der Waals surface area contributed by atoms with Crippen LogP contribution in [0.15, 0.2) is 18.2 Å². The van der Waals surface area contributed by atoms with Gasteiger partial charge in [-0.3, -0.25) is 19.7 Å². The zero-order valence-corrected chi connectivity index (χ0v) is 16.9. The van der Waals surface area contributed by atoms with Crippen LogP contribution in [-0.2, 0) is 16.1 Å². The van der Waals surface area contributed by atoms with E-state index in [9.17, 15) is 14.4 Å². The predicted octanol–water partition coefficient (Wildman–Crippen LogP) is 2.14. The summed E-state index contributed by atoms with van der Waals surface area (Å²) in [5.74, 6) is -0.131. The second kappa shape index (κ2) is 8.53. The highest BCUT2D eigenvalue weighted by Gasteiger charge is 2.39. The lowest BCUT2D eigenvalue weighted by atomic mass is 9.97. The van der Waals surface area contributed by atoms with Crippen molar-refractivity contribution in [2.45, 2.75) is 76.6 Å². The smallest absolute Gasteiger partial charge is 0.255 e. The third-order valence-electron chi connectivity index (χ3n) is 6.06. The summed E-state index contributed by atoms with van der Waals surface area (Å²) in [6, 6.07) is 5.11. The summed E-state index contributed by atoms with van der Waals surface area (Å²) in [5.41, 5.74) is 1.44. The zero-order chi connectivity index (χ0) is 21.3. The maximum Gasteiger partial charge on any atom is 0.255 e. The summed E-state index contributed by atoms with van der Waals surface area (Å²) < 4.78 is 14.4. The van der Waals surface area contributed by atoms with Gasteiger partial charge in [-0.15, -0.1) is 0 Å². The number of ether oxygens (including phenoxy) is 1. The number of carbonyl (C=O) groups excluding carboxylic acids is 3. The number of hydrogen-bond donors (Lipinski definition) is 2. The summed E-state index contributed by atoms with van der Waals surface area (Å²) in [6.45, 7) is 3.21. The Morgan fingerprint density at radius 3 is 2.93 bits per heavy atom. The Morgan fingerprint density at radius 2 is 2.14 bits per heavy atom. The van der Waals surface area contributed by atoms with Crippen LogP contribution in [0.2, 0.25) is 1.41 Å². The summed E-state index contributed by atoms with van der Waals surface area (Å²) in [4.78, 5) is 37.9. The van der Waals surface area contributed by atoms with Gasteiger partial charge in [-0.1, -0.05) is 19.8 Å². The summed E-state index contributed by atoms with van der Waals surface area (Å²) in [6.07, 6.45) is 5.57. The predicted molar refractivity (Wildman–Crippen MR) is 107 cm³/mol. The van der Waals surface area contributed by atoms with Crippen LogP contribution in [0.1, 0.15) is 67.8 Å². The Bertz CT molecular complexity index is 846. The molecule has 3 amide bonds. The van der Waals surface area contributed by atoms with Gasteiger partial charge >= 0.3 is 0 Å². The molecule has 3 aliphatic rings. The molecule has 1 aromatic carbocycles. The number of rotatable bonds is 6. The van der Waals surface area contributed by atoms with Crippen molar-refractivity contribution in [1.82, 2.24) is 15.5 Å². The highest BCUT2D eigenvalue weighted by Crippen LogP contribution is 2.31. The first kappa shape index (κ1) is 18.6. The van der Waals surface area contributed by atoms with Crippen molar-refractivity contribution in [1.29, 1.82) is 0 Å². The maximum absolute atomic E-state index is 12.8. The van der Waals surface area contributed by atoms with Crippen molar-refractivity contribution in [2.24, 2.45) is 0 Å². The van der Waals surface area contributed by atoms with E-state index in [0.717, 1.165) is 43.4 Å². The Balaban J connectivity index is 1.42. The molecule has 0 aliphatic carbocycles. The molecule has 156 valence electrons. The van der Waals surface area contributed by atoms with Crippen molar-refractivity contribution < 1.29 is 20.5 Å². The van der Waals surface area contributed by atoms with Crippen LogP contribution in [0.5, 0.6) is 5.75 Å². The largest absolute Gasteiger partial charge is 0.490 e. The Labute approximate surface area is 172 Å². The van der Waals surface area contributed by atoms with Gasteiger partial charge in [0.1, 0.15) is 19.3 Å². The van der Waals surface area contributed by atoms with Gasteiger partial charge in [0, 0.05) is 24.6 Å². The third kappa shape index (κ3) is 4.29. The van der Waals surface area contributed by atoms with E-state index >= 15 is 0 Å². The molecule has 2 fully saturated rings. The monoisotopic (exact) mass is 400 g/mol. The van der Waals surface area contributed by atoms with Gasteiger partial charge in [0.15, 0.2) is 0 Å². The SMILES string of the molecule is [2H]N1CCC(Oc2ccc3c(c2)CN(C2CCC(=O)NC2=O)C3=O)CC1CCCC. The molecule has 0 saturated carbocycles. The number of imide groups is 1. The number of nitrogens with zero attached hydrogens (tertiary/aromatic N) is 1. The molecule has 3 aliphatic heterocycles. The summed E-state index contributed by atoms with van der Waals surface area (Å²) in [7, 11) is 0. The van der Waals surface area contributed by atoms with Crippen LogP contribution >= 0.6 is 0 Å². The molecule has 7 nitrogen and oxygen atoms in total. The molecule has 4 rings (SSSR count). The van der Waals surface area contributed by atoms with Gasteiger partial charge < -0.3 is 14.9 Å². The fourth-order valence-corrected chi connectivity index (χ4v) is 4.47. The minimum Gasteiger partial charge on any atom is -0.490 e. The molecular formula is C22H29N3O4. The van der Waals surface area contributed by atoms with E-state index in [-0.39, 0.29) is 30.4 Å². The van der Waals surface area contributed by atoms with E-state index in [4.69, 9.17) is 6.15 Å². The Hall–Kier alpha value is -2.41. The normalized spacial score (nSPS) is 28.2. The second-order valence-electron chi connectivity index (χ2n) is 8.19. The quantitative estimate of drug-likeness (QED) is 0.715. The number of benzene rings is 1. The Morgan fingerprint density at radius 1 is 1.28 bits per heavy atom. The van der Waals surface area contributed by atoms with Gasteiger partial charge in [0.2, 0.25) is 11.8 Å². The highest BCUT2D eigenvalue weighted by molar-refractivity contribution is 6.05. The topological polar surface area (TPSA) is 87.7 Å². The molecular weight excluding hydrogens is 370 g/mol. The molecule has 0 radical (unpaired) electrons. The van der Waals surface area contributed by atoms with Gasteiger partial charge in [0.05, 0.1) is 0 Å². The zero-order valence-electron chi connectivity index (χ0n) is 17.9. The van der Waals surface area contributed by atoms with E-state index in [2.05, 4.69) is 12.2 Å². The lowest BCUT2D eigenvalue weighted by Crippen LogP contribution is -2.52. The molecule has 3 unspecified atom stereocenters. The fraction of sp³-hybridized carbons (Fsp3) is 0.591. The van der Waals surface area contributed by atoms with Crippen molar-refractivity contribution >= 4 is 17.7 Å². The standard InChI is InChI=1S/C22H29N3O4/c1-2-3-4-15-12-17(9-10-23-15)29-16-5-6-18-14(11-16)13-25(22(18)28)19-7-8-20(26)24-21(19)27/h5-6,11,15,17,19,23H,2-4,7-10,12-13H2,1H3,(H,24,26,27)/i/hD. The van der Waals surface area contributed by atoms with Crippen molar-refractivity contribution in [3.05, 3.63) is 29.3 Å². The first-order chi connectivity index (χ1) is 14.5. The van der Waals surface area contributed by atoms with E-state index < -0.39 is 11.9 Å². The van der Waals surface area contributed by atoms with E-state index in [1.807, 2.05) is 12.1 Å². The van der Waals surface area contributed by atoms with Crippen molar-refractivity contribution in [3.8, 4) is 5.75 Å². The van der Waals surface area contributed by atoms with Gasteiger partial charge in [-0.25, -0.2) is 0 Å². The van der Waals surface area contributed by atoms with Crippen LogP contribution in [0, 0.1) is 0 Å². The molecule has 7 heteroatoms. The van der Waals surface area contributed by atoms with Gasteiger partial charge in [0.25, 0.3) is 5.91 Å². The molecule has 29 heavy (non-hydrogen) atoms. The minimum absolute atomic E-state index is 0.0647. The van der Waals surface area contributed by atoms with Crippen LogP contribution in [0.3, 0.4) is 0 Å². The highest BCUT2D eigenvalue weighted by atomic mass is 16.5. The van der Waals surface area contributed by atoms with Crippen LogP contribution < -0.4 is 15.4 Å². The van der Waals surface area contributed by atoms with Crippen LogP contribution in [-0.4, -0.2) is 47.4 Å². The first-order valence-corrected chi connectivity index (χ1v) is 10.7. The summed E-state index contributed by atoms with van der Waals surface area (Å²) in [5, 5.41) is 4.01. The van der Waals surface area contributed by atoms with Crippen molar-refractivity contribution in [3.63, 3.8) is 0 Å². The number of amides is 3. The van der Waals surface area contributed by atoms with E-state index in [1.54, 1.807) is 16.3 Å². The fourth-order valence-electron chi connectivity index (χ4n) is 4.47. The van der Waals surface area contributed by atoms with Gasteiger partial charge in [-0.2, -0.15) is 0 Å². The summed E-state index contributed by atoms with van der Waals surface area (Å²) >= 11 is 0. The van der Waals surface area contributed by atoms with Crippen LogP contribution in [0.25, 0.3) is 0 Å². The number of nitrogens with one attached hydrogen (secondary N) is 2. The second-order valence-corrected chi connectivity index (χ2v) is 8.19. The first-order valence-electron chi connectivity index (χ1n) is 11.1. The maximum atomic E-state index is 12.8. The average Bonchev–Trinajstić information content (AvgIpc) is 3.04. The minimum atomic E-state index is -0.604. The number of hydrogen-bond acceptors (Lipinski definition) is 5.